The maximum atomic E-state index is 2.35. The van der Waals surface area contributed by atoms with Gasteiger partial charge < -0.3 is 0 Å². The predicted molar refractivity (Wildman–Crippen MR) is 63.0 cm³/mol. The Bertz CT molecular complexity index is 251. The lowest BCUT2D eigenvalue weighted by atomic mass is 10.1. The zero-order chi connectivity index (χ0) is 9.52. The zero-order valence-corrected chi connectivity index (χ0v) is 9.69. The van der Waals surface area contributed by atoms with Crippen LogP contribution in [0.2, 0.25) is 0 Å². The zero-order valence-electron chi connectivity index (χ0n) is 8.53. The minimum atomic E-state index is 0.483. The Morgan fingerprint density at radius 1 is 1.31 bits per heavy atom. The van der Waals surface area contributed by atoms with Crippen LogP contribution in [0.5, 0.6) is 0 Å². The van der Waals surface area contributed by atoms with Crippen LogP contribution >= 0.6 is 0 Å². The van der Waals surface area contributed by atoms with E-state index in [4.69, 9.17) is 0 Å². The quantitative estimate of drug-likeness (QED) is 0.641. The second-order valence-electron chi connectivity index (χ2n) is 3.33. The molecule has 0 aliphatic heterocycles. The molecule has 1 rings (SSSR count). The fraction of sp³-hybridized carbons (Fsp3) is 0.417. The summed E-state index contributed by atoms with van der Waals surface area (Å²) in [6.45, 7) is 4.45. The molecule has 0 amide bonds. The van der Waals surface area contributed by atoms with Crippen molar-refractivity contribution in [1.29, 1.82) is 0 Å². The van der Waals surface area contributed by atoms with Crippen molar-refractivity contribution in [3.63, 3.8) is 0 Å². The van der Waals surface area contributed by atoms with Gasteiger partial charge in [-0.3, -0.25) is 0 Å². The maximum Gasteiger partial charge on any atom is -0.00424 e. The first-order valence-electron chi connectivity index (χ1n) is 5.06. The normalized spacial score (nSPS) is 13.4. The molecule has 0 radical (unpaired) electrons. The largest absolute Gasteiger partial charge is 0.109 e. The smallest absolute Gasteiger partial charge is 0.00424 e. The van der Waals surface area contributed by atoms with E-state index >= 15 is 0 Å². The van der Waals surface area contributed by atoms with Crippen molar-refractivity contribution in [1.82, 2.24) is 0 Å². The molecule has 0 spiro atoms. The lowest BCUT2D eigenvalue weighted by molar-refractivity contribution is 0.768. The van der Waals surface area contributed by atoms with Crippen molar-refractivity contribution in [3.8, 4) is 0 Å². The topological polar surface area (TPSA) is 0 Å². The third-order valence-electron chi connectivity index (χ3n) is 2.25. The average molecular weight is 190 g/mol. The van der Waals surface area contributed by atoms with E-state index in [0.717, 1.165) is 5.54 Å². The van der Waals surface area contributed by atoms with Gasteiger partial charge in [-0.05, 0) is 26.7 Å². The Morgan fingerprint density at radius 3 is 2.54 bits per heavy atom. The molecule has 1 unspecified atom stereocenters. The summed E-state index contributed by atoms with van der Waals surface area (Å²) in [6.07, 6.45) is 2.63. The SMILES string of the molecule is CC=[SiH]C(CCC)c1ccccc1. The molecule has 0 saturated carbocycles. The predicted octanol–water partition coefficient (Wildman–Crippen LogP) is 2.79. The van der Waals surface area contributed by atoms with Crippen LogP contribution in [-0.4, -0.2) is 14.8 Å². The van der Waals surface area contributed by atoms with Gasteiger partial charge >= 0.3 is 0 Å². The maximum absolute atomic E-state index is 2.35. The first-order valence-corrected chi connectivity index (χ1v) is 6.39. The van der Waals surface area contributed by atoms with Gasteiger partial charge in [0.15, 0.2) is 0 Å². The molecule has 0 bridgehead atoms. The molecule has 13 heavy (non-hydrogen) atoms. The molecule has 1 heteroatoms. The molecule has 1 aromatic carbocycles. The van der Waals surface area contributed by atoms with Gasteiger partial charge in [-0.1, -0.05) is 50.6 Å². The summed E-state index contributed by atoms with van der Waals surface area (Å²) in [6, 6.07) is 10.9. The van der Waals surface area contributed by atoms with Crippen LogP contribution in [0, 0.1) is 0 Å². The fourth-order valence-electron chi connectivity index (χ4n) is 1.62. The van der Waals surface area contributed by atoms with Gasteiger partial charge in [-0.15, -0.1) is 5.67 Å². The number of hydrogen-bond donors (Lipinski definition) is 0. The van der Waals surface area contributed by atoms with Crippen LogP contribution in [0.25, 0.3) is 0 Å². The first kappa shape index (κ1) is 10.4. The highest BCUT2D eigenvalue weighted by Crippen LogP contribution is 2.17. The highest BCUT2D eigenvalue weighted by molar-refractivity contribution is 6.48. The second-order valence-corrected chi connectivity index (χ2v) is 5.19. The van der Waals surface area contributed by atoms with E-state index in [1.165, 1.54) is 18.4 Å². The molecule has 0 saturated heterocycles. The number of benzene rings is 1. The van der Waals surface area contributed by atoms with Crippen LogP contribution < -0.4 is 0 Å². The Morgan fingerprint density at radius 2 is 2.00 bits per heavy atom. The van der Waals surface area contributed by atoms with Gasteiger partial charge in [0, 0.05) is 0 Å². The minimum absolute atomic E-state index is 0.483. The molecular formula is C12H18Si. The number of rotatable bonds is 4. The van der Waals surface area contributed by atoms with Crippen LogP contribution in [0.15, 0.2) is 30.3 Å². The highest BCUT2D eigenvalue weighted by Gasteiger charge is 2.04. The van der Waals surface area contributed by atoms with E-state index in [1.807, 2.05) is 0 Å². The molecule has 1 aromatic rings. The van der Waals surface area contributed by atoms with Crippen LogP contribution in [-0.2, 0) is 0 Å². The van der Waals surface area contributed by atoms with Gasteiger partial charge in [0.25, 0.3) is 0 Å². The minimum Gasteiger partial charge on any atom is -0.109 e. The number of hydrogen-bond acceptors (Lipinski definition) is 0. The molecule has 1 atom stereocenters. The molecule has 0 nitrogen and oxygen atoms in total. The summed E-state index contributed by atoms with van der Waals surface area (Å²) in [5.74, 6) is 0. The van der Waals surface area contributed by atoms with Gasteiger partial charge in [0.2, 0.25) is 0 Å². The van der Waals surface area contributed by atoms with E-state index < -0.39 is 0 Å². The van der Waals surface area contributed by atoms with E-state index in [0.29, 0.717) is 9.13 Å². The van der Waals surface area contributed by atoms with E-state index in [2.05, 4.69) is 49.9 Å². The van der Waals surface area contributed by atoms with Crippen molar-refractivity contribution < 1.29 is 0 Å². The standard InChI is InChI=1S/C12H18Si/c1-3-8-12(13-4-2)11-9-6-5-7-10-11/h4-7,9-10,12-13H,3,8H2,1-2H3. The summed E-state index contributed by atoms with van der Waals surface area (Å²) in [7, 11) is 0.483. The summed E-state index contributed by atoms with van der Waals surface area (Å²) in [5.41, 5.74) is 4.70. The Labute approximate surface area is 83.4 Å². The fourth-order valence-corrected chi connectivity index (χ4v) is 3.05. The lowest BCUT2D eigenvalue weighted by Gasteiger charge is -2.10. The average Bonchev–Trinajstić information content (AvgIpc) is 2.19. The van der Waals surface area contributed by atoms with E-state index in [1.54, 1.807) is 0 Å². The Balaban J connectivity index is 2.76. The van der Waals surface area contributed by atoms with Gasteiger partial charge in [0.05, 0.1) is 0 Å². The van der Waals surface area contributed by atoms with Crippen molar-refractivity contribution in [2.75, 3.05) is 0 Å². The second kappa shape index (κ2) is 5.87. The molecule has 0 aromatic heterocycles. The monoisotopic (exact) mass is 190 g/mol. The summed E-state index contributed by atoms with van der Waals surface area (Å²) in [5, 5.41) is 0. The van der Waals surface area contributed by atoms with Crippen molar-refractivity contribution in [3.05, 3.63) is 35.9 Å². The van der Waals surface area contributed by atoms with Crippen molar-refractivity contribution in [2.24, 2.45) is 0 Å². The Kier molecular flexibility index (Phi) is 4.69. The van der Waals surface area contributed by atoms with Crippen molar-refractivity contribution in [2.45, 2.75) is 32.2 Å². The first-order chi connectivity index (χ1) is 6.38. The van der Waals surface area contributed by atoms with Gasteiger partial charge in [-0.2, -0.15) is 0 Å². The third kappa shape index (κ3) is 3.27. The Hall–Kier alpha value is -0.693. The summed E-state index contributed by atoms with van der Waals surface area (Å²) >= 11 is 0. The summed E-state index contributed by atoms with van der Waals surface area (Å²) in [4.78, 5) is 0. The van der Waals surface area contributed by atoms with E-state index in [9.17, 15) is 0 Å². The summed E-state index contributed by atoms with van der Waals surface area (Å²) < 4.78 is 0. The van der Waals surface area contributed by atoms with Gasteiger partial charge in [-0.25, -0.2) is 0 Å². The lowest BCUT2D eigenvalue weighted by Crippen LogP contribution is -2.02. The molecule has 0 heterocycles. The molecular weight excluding hydrogens is 172 g/mol. The molecule has 0 aliphatic rings. The molecule has 0 fully saturated rings. The molecule has 70 valence electrons. The van der Waals surface area contributed by atoms with Crippen LogP contribution in [0.3, 0.4) is 0 Å². The molecule has 0 N–H and O–H groups in total. The third-order valence-corrected chi connectivity index (χ3v) is 3.82. The van der Waals surface area contributed by atoms with Crippen LogP contribution in [0.4, 0.5) is 0 Å². The molecule has 0 aliphatic carbocycles. The van der Waals surface area contributed by atoms with E-state index in [-0.39, 0.29) is 0 Å². The highest BCUT2D eigenvalue weighted by atomic mass is 28.2. The van der Waals surface area contributed by atoms with Crippen molar-refractivity contribution >= 4 is 14.8 Å². The van der Waals surface area contributed by atoms with Crippen LogP contribution in [0.1, 0.15) is 37.8 Å². The van der Waals surface area contributed by atoms with Gasteiger partial charge in [0.1, 0.15) is 0 Å².